The van der Waals surface area contributed by atoms with Crippen molar-refractivity contribution >= 4 is 11.6 Å². The lowest BCUT2D eigenvalue weighted by Crippen LogP contribution is -2.28. The van der Waals surface area contributed by atoms with E-state index in [1.807, 2.05) is 24.3 Å². The maximum atomic E-state index is 11.5. The fraction of sp³-hybridized carbons (Fsp3) is 0.385. The molecule has 0 aromatic heterocycles. The van der Waals surface area contributed by atoms with Crippen LogP contribution in [0.4, 0.5) is 5.69 Å². The molecule has 0 aliphatic carbocycles. The topological polar surface area (TPSA) is 64.9 Å². The van der Waals surface area contributed by atoms with Gasteiger partial charge in [0.2, 0.25) is 5.91 Å². The van der Waals surface area contributed by atoms with E-state index >= 15 is 0 Å². The van der Waals surface area contributed by atoms with E-state index in [9.17, 15) is 4.79 Å². The van der Waals surface area contributed by atoms with Gasteiger partial charge in [-0.25, -0.2) is 0 Å². The zero-order chi connectivity index (χ0) is 12.5. The standard InChI is InChI=1S/C13H17N3O/c1-2-9-15-10-13(17)16-12-5-3-11(4-6-12)7-8-14/h3-6,15H,2,7,9-10H2,1H3,(H,16,17). The fourth-order valence-electron chi connectivity index (χ4n) is 1.38. The summed E-state index contributed by atoms with van der Waals surface area (Å²) in [7, 11) is 0. The predicted octanol–water partition coefficient (Wildman–Crippen LogP) is 1.69. The van der Waals surface area contributed by atoms with E-state index in [0.717, 1.165) is 24.2 Å². The second kappa shape index (κ2) is 7.42. The van der Waals surface area contributed by atoms with Gasteiger partial charge in [-0.15, -0.1) is 0 Å². The maximum Gasteiger partial charge on any atom is 0.238 e. The highest BCUT2D eigenvalue weighted by atomic mass is 16.1. The third-order valence-electron chi connectivity index (χ3n) is 2.23. The van der Waals surface area contributed by atoms with E-state index in [0.29, 0.717) is 13.0 Å². The Morgan fingerprint density at radius 2 is 2.06 bits per heavy atom. The van der Waals surface area contributed by atoms with Crippen molar-refractivity contribution in [3.8, 4) is 6.07 Å². The maximum absolute atomic E-state index is 11.5. The Balaban J connectivity index is 2.41. The molecule has 4 heteroatoms. The van der Waals surface area contributed by atoms with Crippen LogP contribution in [0.15, 0.2) is 24.3 Å². The van der Waals surface area contributed by atoms with Crippen molar-refractivity contribution in [1.82, 2.24) is 5.32 Å². The number of benzene rings is 1. The number of hydrogen-bond acceptors (Lipinski definition) is 3. The number of nitrogens with one attached hydrogen (secondary N) is 2. The Kier molecular flexibility index (Phi) is 5.76. The Hall–Kier alpha value is -1.86. The molecule has 90 valence electrons. The lowest BCUT2D eigenvalue weighted by atomic mass is 10.1. The summed E-state index contributed by atoms with van der Waals surface area (Å²) >= 11 is 0. The molecule has 0 spiro atoms. The summed E-state index contributed by atoms with van der Waals surface area (Å²) in [6, 6.07) is 9.39. The van der Waals surface area contributed by atoms with Gasteiger partial charge in [0.05, 0.1) is 19.0 Å². The first-order valence-corrected chi connectivity index (χ1v) is 5.72. The Labute approximate surface area is 102 Å². The average molecular weight is 231 g/mol. The van der Waals surface area contributed by atoms with E-state index in [-0.39, 0.29) is 5.91 Å². The minimum absolute atomic E-state index is 0.0496. The minimum Gasteiger partial charge on any atom is -0.325 e. The van der Waals surface area contributed by atoms with Gasteiger partial charge >= 0.3 is 0 Å². The smallest absolute Gasteiger partial charge is 0.238 e. The first-order chi connectivity index (χ1) is 8.26. The highest BCUT2D eigenvalue weighted by Gasteiger charge is 2.01. The second-order valence-electron chi connectivity index (χ2n) is 3.76. The summed E-state index contributed by atoms with van der Waals surface area (Å²) in [6.45, 7) is 3.22. The molecule has 0 fully saturated rings. The van der Waals surface area contributed by atoms with E-state index in [1.165, 1.54) is 0 Å². The molecule has 17 heavy (non-hydrogen) atoms. The van der Waals surface area contributed by atoms with Crippen LogP contribution < -0.4 is 10.6 Å². The third kappa shape index (κ3) is 5.14. The van der Waals surface area contributed by atoms with Crippen molar-refractivity contribution in [1.29, 1.82) is 5.26 Å². The quantitative estimate of drug-likeness (QED) is 0.732. The van der Waals surface area contributed by atoms with E-state index < -0.39 is 0 Å². The SMILES string of the molecule is CCCNCC(=O)Nc1ccc(CC#N)cc1. The van der Waals surface area contributed by atoms with Gasteiger partial charge in [0.25, 0.3) is 0 Å². The minimum atomic E-state index is -0.0496. The van der Waals surface area contributed by atoms with Gasteiger partial charge in [-0.05, 0) is 30.7 Å². The molecular formula is C13H17N3O. The molecule has 1 aromatic carbocycles. The zero-order valence-electron chi connectivity index (χ0n) is 9.99. The fourth-order valence-corrected chi connectivity index (χ4v) is 1.38. The summed E-state index contributed by atoms with van der Waals surface area (Å²) in [6.07, 6.45) is 1.41. The van der Waals surface area contributed by atoms with E-state index in [4.69, 9.17) is 5.26 Å². The van der Waals surface area contributed by atoms with Crippen LogP contribution in [-0.2, 0) is 11.2 Å². The molecule has 0 aliphatic heterocycles. The number of carbonyl (C=O) groups is 1. The van der Waals surface area contributed by atoms with Crippen LogP contribution in [0.5, 0.6) is 0 Å². The summed E-state index contributed by atoms with van der Waals surface area (Å²) in [5.41, 5.74) is 1.71. The molecule has 0 bridgehead atoms. The average Bonchev–Trinajstić information content (AvgIpc) is 2.32. The number of hydrogen-bond donors (Lipinski definition) is 2. The second-order valence-corrected chi connectivity index (χ2v) is 3.76. The largest absolute Gasteiger partial charge is 0.325 e. The molecule has 0 radical (unpaired) electrons. The predicted molar refractivity (Wildman–Crippen MR) is 67.5 cm³/mol. The van der Waals surface area contributed by atoms with Gasteiger partial charge in [0, 0.05) is 5.69 Å². The molecule has 2 N–H and O–H groups in total. The normalized spacial score (nSPS) is 9.65. The first-order valence-electron chi connectivity index (χ1n) is 5.72. The number of anilines is 1. The molecule has 0 saturated carbocycles. The highest BCUT2D eigenvalue weighted by molar-refractivity contribution is 5.92. The van der Waals surface area contributed by atoms with E-state index in [1.54, 1.807) is 0 Å². The van der Waals surface area contributed by atoms with Crippen molar-refractivity contribution in [2.24, 2.45) is 0 Å². The monoisotopic (exact) mass is 231 g/mol. The molecule has 4 nitrogen and oxygen atoms in total. The first kappa shape index (κ1) is 13.2. The molecule has 0 atom stereocenters. The van der Waals surface area contributed by atoms with Crippen LogP contribution in [0, 0.1) is 11.3 Å². The van der Waals surface area contributed by atoms with Gasteiger partial charge in [-0.2, -0.15) is 5.26 Å². The van der Waals surface area contributed by atoms with Gasteiger partial charge in [-0.3, -0.25) is 4.79 Å². The summed E-state index contributed by atoms with van der Waals surface area (Å²) in [4.78, 5) is 11.5. The lowest BCUT2D eigenvalue weighted by Gasteiger charge is -2.06. The van der Waals surface area contributed by atoms with Crippen LogP contribution in [0.3, 0.4) is 0 Å². The summed E-state index contributed by atoms with van der Waals surface area (Å²) < 4.78 is 0. The van der Waals surface area contributed by atoms with Gasteiger partial charge in [-0.1, -0.05) is 19.1 Å². The zero-order valence-corrected chi connectivity index (χ0v) is 9.99. The van der Waals surface area contributed by atoms with Gasteiger partial charge in [0.15, 0.2) is 0 Å². The Morgan fingerprint density at radius 3 is 2.65 bits per heavy atom. The van der Waals surface area contributed by atoms with Crippen LogP contribution >= 0.6 is 0 Å². The van der Waals surface area contributed by atoms with Crippen molar-refractivity contribution in [2.75, 3.05) is 18.4 Å². The lowest BCUT2D eigenvalue weighted by molar-refractivity contribution is -0.115. The number of rotatable bonds is 6. The molecular weight excluding hydrogens is 214 g/mol. The third-order valence-corrected chi connectivity index (χ3v) is 2.23. The van der Waals surface area contributed by atoms with Crippen molar-refractivity contribution in [3.05, 3.63) is 29.8 Å². The van der Waals surface area contributed by atoms with Crippen molar-refractivity contribution in [3.63, 3.8) is 0 Å². The van der Waals surface area contributed by atoms with Crippen LogP contribution in [0.1, 0.15) is 18.9 Å². The molecule has 1 rings (SSSR count). The summed E-state index contributed by atoms with van der Waals surface area (Å²) in [5, 5.41) is 14.3. The number of nitriles is 1. The molecule has 0 heterocycles. The number of carbonyl (C=O) groups excluding carboxylic acids is 1. The van der Waals surface area contributed by atoms with Crippen LogP contribution in [0.25, 0.3) is 0 Å². The van der Waals surface area contributed by atoms with E-state index in [2.05, 4.69) is 23.6 Å². The Morgan fingerprint density at radius 1 is 1.35 bits per heavy atom. The Bertz CT molecular complexity index is 392. The molecule has 0 saturated heterocycles. The van der Waals surface area contributed by atoms with Crippen molar-refractivity contribution < 1.29 is 4.79 Å². The molecule has 0 aliphatic rings. The van der Waals surface area contributed by atoms with Gasteiger partial charge < -0.3 is 10.6 Å². The molecule has 1 amide bonds. The molecule has 0 unspecified atom stereocenters. The van der Waals surface area contributed by atoms with Crippen LogP contribution in [0.2, 0.25) is 0 Å². The number of amides is 1. The summed E-state index contributed by atoms with van der Waals surface area (Å²) in [5.74, 6) is -0.0496. The van der Waals surface area contributed by atoms with Crippen molar-refractivity contribution in [2.45, 2.75) is 19.8 Å². The van der Waals surface area contributed by atoms with Gasteiger partial charge in [0.1, 0.15) is 0 Å². The van der Waals surface area contributed by atoms with Crippen LogP contribution in [-0.4, -0.2) is 19.0 Å². The highest BCUT2D eigenvalue weighted by Crippen LogP contribution is 2.09. The number of nitrogens with zero attached hydrogens (tertiary/aromatic N) is 1. The molecule has 1 aromatic rings.